The average Bonchev–Trinajstić information content (AvgIpc) is 3.24. The Balaban J connectivity index is 1.48. The van der Waals surface area contributed by atoms with Gasteiger partial charge < -0.3 is 30.6 Å². The fraction of sp³-hybridized carbons (Fsp3) is 0.571. The van der Waals surface area contributed by atoms with E-state index in [0.29, 0.717) is 49.9 Å². The Morgan fingerprint density at radius 2 is 1.98 bits per heavy atom. The van der Waals surface area contributed by atoms with Crippen LogP contribution in [0.5, 0.6) is 6.01 Å². The molecule has 1 aliphatic rings. The molecule has 0 aliphatic carbocycles. The molecule has 0 saturated carbocycles. The highest BCUT2D eigenvalue weighted by Crippen LogP contribution is 2.22. The zero-order chi connectivity index (χ0) is 28.5. The lowest BCUT2D eigenvalue weighted by Gasteiger charge is -2.38. The molecule has 218 valence electrons. The van der Waals surface area contributed by atoms with Crippen LogP contribution >= 0.6 is 0 Å². The minimum absolute atomic E-state index is 0.00793. The van der Waals surface area contributed by atoms with Crippen LogP contribution in [-0.2, 0) is 24.3 Å². The van der Waals surface area contributed by atoms with Gasteiger partial charge in [0.15, 0.2) is 11.5 Å². The van der Waals surface area contributed by atoms with Crippen molar-refractivity contribution in [3.8, 4) is 6.01 Å². The number of piperidine rings is 1. The number of carboxylic acids is 1. The normalized spacial score (nSPS) is 14.8. The lowest BCUT2D eigenvalue weighted by Crippen LogP contribution is -2.45. The molecule has 40 heavy (non-hydrogen) atoms. The number of fused-ring (bicyclic) bond motifs is 1. The number of likely N-dealkylation sites (tertiary alicyclic amines) is 1. The summed E-state index contributed by atoms with van der Waals surface area (Å²) in [4.78, 5) is 40.2. The molecule has 2 aromatic heterocycles. The molecule has 1 aromatic carbocycles. The van der Waals surface area contributed by atoms with Gasteiger partial charge in [0.2, 0.25) is 0 Å². The molecular formula is C28H41N7O5. The van der Waals surface area contributed by atoms with Crippen LogP contribution in [0.4, 0.5) is 5.82 Å². The van der Waals surface area contributed by atoms with Crippen LogP contribution in [0.3, 0.4) is 0 Å². The molecule has 12 heteroatoms. The number of nitrogen functional groups attached to an aromatic ring is 1. The number of ether oxygens (including phenoxy) is 1. The number of aryl methyl sites for hydroxylation is 1. The number of unbranched alkanes of at least 4 members (excludes halogenated alkanes) is 1. The summed E-state index contributed by atoms with van der Waals surface area (Å²) < 4.78 is 7.24. The number of nitrogens with zero attached hydrogens (tertiary/aromatic N) is 5. The fourth-order valence-corrected chi connectivity index (χ4v) is 5.33. The standard InChI is InChI=1S/C28H41N7O5/c1-2-3-16-40-27-31-25(29)24-26(32-27)35(28(39)30-24)11-5-10-34(22-8-12-33(13-9-22)14-15-36)19-21-7-4-6-20(17-21)18-23(37)38/h4,6-7,17,22,36H,2-3,5,8-16,18-19H2,1H3,(H,30,39)(H,37,38)(H2,29,31,32). The number of imidazole rings is 1. The van der Waals surface area contributed by atoms with Crippen molar-refractivity contribution in [3.63, 3.8) is 0 Å². The van der Waals surface area contributed by atoms with Gasteiger partial charge in [-0.3, -0.25) is 14.3 Å². The van der Waals surface area contributed by atoms with Gasteiger partial charge in [-0.25, -0.2) is 4.79 Å². The average molecular weight is 556 g/mol. The summed E-state index contributed by atoms with van der Waals surface area (Å²) in [5, 5.41) is 18.5. The van der Waals surface area contributed by atoms with Crippen molar-refractivity contribution in [1.82, 2.24) is 29.3 Å². The smallest absolute Gasteiger partial charge is 0.327 e. The van der Waals surface area contributed by atoms with Crippen molar-refractivity contribution in [2.24, 2.45) is 0 Å². The third-order valence-corrected chi connectivity index (χ3v) is 7.41. The summed E-state index contributed by atoms with van der Waals surface area (Å²) in [6.07, 6.45) is 4.50. The van der Waals surface area contributed by atoms with Gasteiger partial charge in [-0.15, -0.1) is 0 Å². The number of carbonyl (C=O) groups is 1. The van der Waals surface area contributed by atoms with E-state index < -0.39 is 5.97 Å². The lowest BCUT2D eigenvalue weighted by atomic mass is 10.0. The largest absolute Gasteiger partial charge is 0.481 e. The topological polar surface area (TPSA) is 163 Å². The number of rotatable bonds is 15. The monoisotopic (exact) mass is 555 g/mol. The molecule has 1 fully saturated rings. The quantitative estimate of drug-likeness (QED) is 0.204. The highest BCUT2D eigenvalue weighted by Gasteiger charge is 2.25. The Morgan fingerprint density at radius 3 is 2.70 bits per heavy atom. The number of nitrogens with two attached hydrogens (primary N) is 1. The Kier molecular flexibility index (Phi) is 10.5. The maximum Gasteiger partial charge on any atom is 0.327 e. The molecule has 3 heterocycles. The summed E-state index contributed by atoms with van der Waals surface area (Å²) in [6.45, 7) is 7.10. The predicted octanol–water partition coefficient (Wildman–Crippen LogP) is 1.86. The molecule has 0 unspecified atom stereocenters. The van der Waals surface area contributed by atoms with Crippen LogP contribution in [0.1, 0.15) is 50.2 Å². The number of aliphatic carboxylic acids is 1. The number of aliphatic hydroxyl groups is 1. The second kappa shape index (κ2) is 14.2. The lowest BCUT2D eigenvalue weighted by molar-refractivity contribution is -0.136. The van der Waals surface area contributed by atoms with Crippen LogP contribution in [0.15, 0.2) is 29.1 Å². The Bertz CT molecular complexity index is 1320. The van der Waals surface area contributed by atoms with Crippen molar-refractivity contribution in [3.05, 3.63) is 45.9 Å². The summed E-state index contributed by atoms with van der Waals surface area (Å²) in [5.41, 5.74) is 8.51. The van der Waals surface area contributed by atoms with Gasteiger partial charge in [0, 0.05) is 32.2 Å². The zero-order valence-electron chi connectivity index (χ0n) is 23.2. The van der Waals surface area contributed by atoms with Crippen LogP contribution in [0.25, 0.3) is 11.2 Å². The number of aromatic nitrogens is 4. The summed E-state index contributed by atoms with van der Waals surface area (Å²) >= 11 is 0. The number of H-pyrrole nitrogens is 1. The molecule has 0 bridgehead atoms. The van der Waals surface area contributed by atoms with Crippen LogP contribution in [0, 0.1) is 0 Å². The first-order chi connectivity index (χ1) is 19.4. The number of β-amino-alcohol motifs (C(OH)–C–C–N with tert-alkyl or cyclic N) is 1. The zero-order valence-corrected chi connectivity index (χ0v) is 23.2. The van der Waals surface area contributed by atoms with Gasteiger partial charge in [0.1, 0.15) is 5.52 Å². The molecule has 0 radical (unpaired) electrons. The first kappa shape index (κ1) is 29.5. The molecule has 0 amide bonds. The van der Waals surface area contributed by atoms with E-state index in [4.69, 9.17) is 10.5 Å². The summed E-state index contributed by atoms with van der Waals surface area (Å²) in [7, 11) is 0. The SMILES string of the molecule is CCCCOc1nc(N)c2[nH]c(=O)n(CCCN(Cc3cccc(CC(=O)O)c3)C3CCN(CCO)CC3)c2n1. The Morgan fingerprint density at radius 1 is 1.20 bits per heavy atom. The van der Waals surface area contributed by atoms with Crippen LogP contribution in [-0.4, -0.2) is 90.9 Å². The molecular weight excluding hydrogens is 514 g/mol. The van der Waals surface area contributed by atoms with E-state index in [2.05, 4.69) is 31.7 Å². The van der Waals surface area contributed by atoms with E-state index in [1.54, 1.807) is 4.57 Å². The Hall–Kier alpha value is -3.48. The van der Waals surface area contributed by atoms with Crippen molar-refractivity contribution >= 4 is 23.0 Å². The molecule has 0 spiro atoms. The summed E-state index contributed by atoms with van der Waals surface area (Å²) in [6, 6.07) is 8.26. The molecule has 12 nitrogen and oxygen atoms in total. The van der Waals surface area contributed by atoms with E-state index in [0.717, 1.165) is 56.4 Å². The highest BCUT2D eigenvalue weighted by atomic mass is 16.5. The van der Waals surface area contributed by atoms with E-state index in [1.165, 1.54) is 0 Å². The number of hydrogen-bond donors (Lipinski definition) is 4. The molecule has 5 N–H and O–H groups in total. The van der Waals surface area contributed by atoms with Gasteiger partial charge >= 0.3 is 17.7 Å². The number of aliphatic hydroxyl groups excluding tert-OH is 1. The number of nitrogens with one attached hydrogen (secondary N) is 1. The first-order valence-corrected chi connectivity index (χ1v) is 14.1. The molecule has 4 rings (SSSR count). The van der Waals surface area contributed by atoms with Gasteiger partial charge in [0.05, 0.1) is 19.6 Å². The highest BCUT2D eigenvalue weighted by molar-refractivity contribution is 5.81. The predicted molar refractivity (Wildman–Crippen MR) is 152 cm³/mol. The van der Waals surface area contributed by atoms with E-state index in [-0.39, 0.29) is 30.5 Å². The molecule has 1 saturated heterocycles. The van der Waals surface area contributed by atoms with E-state index >= 15 is 0 Å². The molecule has 1 aliphatic heterocycles. The number of hydrogen-bond acceptors (Lipinski definition) is 9. The van der Waals surface area contributed by atoms with Crippen molar-refractivity contribution in [2.45, 2.75) is 64.6 Å². The second-order valence-corrected chi connectivity index (χ2v) is 10.4. The number of aromatic amines is 1. The van der Waals surface area contributed by atoms with Crippen molar-refractivity contribution in [1.29, 1.82) is 0 Å². The minimum Gasteiger partial charge on any atom is -0.481 e. The minimum atomic E-state index is -0.849. The van der Waals surface area contributed by atoms with Crippen LogP contribution < -0.4 is 16.2 Å². The Labute approximate surface area is 233 Å². The van der Waals surface area contributed by atoms with Crippen LogP contribution in [0.2, 0.25) is 0 Å². The maximum absolute atomic E-state index is 12.8. The summed E-state index contributed by atoms with van der Waals surface area (Å²) in [5.74, 6) is -0.664. The fourth-order valence-electron chi connectivity index (χ4n) is 5.33. The van der Waals surface area contributed by atoms with E-state index in [9.17, 15) is 19.8 Å². The number of carboxylic acid groups (broad SMARTS) is 1. The van der Waals surface area contributed by atoms with Crippen molar-refractivity contribution in [2.75, 3.05) is 45.1 Å². The maximum atomic E-state index is 12.8. The third-order valence-electron chi connectivity index (χ3n) is 7.41. The molecule has 0 atom stereocenters. The van der Waals surface area contributed by atoms with E-state index in [1.807, 2.05) is 24.3 Å². The van der Waals surface area contributed by atoms with Gasteiger partial charge in [-0.05, 0) is 49.9 Å². The first-order valence-electron chi connectivity index (χ1n) is 14.1. The second-order valence-electron chi connectivity index (χ2n) is 10.4. The number of benzene rings is 1. The van der Waals surface area contributed by atoms with Gasteiger partial charge in [-0.1, -0.05) is 37.6 Å². The van der Waals surface area contributed by atoms with Crippen molar-refractivity contribution < 1.29 is 19.7 Å². The number of anilines is 1. The van der Waals surface area contributed by atoms with Gasteiger partial charge in [0.25, 0.3) is 0 Å². The molecule has 3 aromatic rings. The van der Waals surface area contributed by atoms with Gasteiger partial charge in [-0.2, -0.15) is 9.97 Å². The third kappa shape index (κ3) is 7.80.